The zero-order chi connectivity index (χ0) is 13.8. The molecule has 0 radical (unpaired) electrons. The number of likely N-dealkylation sites (tertiary alicyclic amines) is 1. The fraction of sp³-hybridized carbons (Fsp3) is 0.714. The number of ether oxygens (including phenoxy) is 1. The summed E-state index contributed by atoms with van der Waals surface area (Å²) in [6.45, 7) is 5.24. The molecule has 0 saturated carbocycles. The number of hydrogen-bond donors (Lipinski definition) is 1. The third kappa shape index (κ3) is 4.02. The zero-order valence-electron chi connectivity index (χ0n) is 11.6. The fourth-order valence-corrected chi connectivity index (χ4v) is 4.58. The SMILES string of the molecule is COCC1CCN(C(c2cc(Br)cs2)C(C)N)CC1. The van der Waals surface area contributed by atoms with Crippen LogP contribution in [-0.4, -0.2) is 37.7 Å². The van der Waals surface area contributed by atoms with E-state index in [-0.39, 0.29) is 6.04 Å². The maximum Gasteiger partial charge on any atom is 0.0591 e. The van der Waals surface area contributed by atoms with Crippen molar-refractivity contribution in [3.8, 4) is 0 Å². The minimum atomic E-state index is 0.157. The smallest absolute Gasteiger partial charge is 0.0591 e. The lowest BCUT2D eigenvalue weighted by Gasteiger charge is -2.38. The molecule has 2 N–H and O–H groups in total. The number of halogens is 1. The van der Waals surface area contributed by atoms with Gasteiger partial charge in [-0.15, -0.1) is 11.3 Å². The summed E-state index contributed by atoms with van der Waals surface area (Å²) >= 11 is 5.34. The molecule has 0 aliphatic carbocycles. The molecule has 1 aliphatic heterocycles. The van der Waals surface area contributed by atoms with E-state index in [0.29, 0.717) is 12.0 Å². The van der Waals surface area contributed by atoms with Gasteiger partial charge in [-0.25, -0.2) is 0 Å². The van der Waals surface area contributed by atoms with Gasteiger partial charge in [-0.05, 0) is 60.8 Å². The number of nitrogens with zero attached hydrogens (tertiary/aromatic N) is 1. The molecule has 1 aromatic heterocycles. The van der Waals surface area contributed by atoms with E-state index in [4.69, 9.17) is 10.5 Å². The monoisotopic (exact) mass is 346 g/mol. The van der Waals surface area contributed by atoms with Crippen LogP contribution in [0.4, 0.5) is 0 Å². The Labute approximate surface area is 128 Å². The molecule has 0 aromatic carbocycles. The molecule has 108 valence electrons. The molecule has 2 atom stereocenters. The first-order chi connectivity index (χ1) is 9.11. The predicted octanol–water partition coefficient (Wildman–Crippen LogP) is 3.26. The van der Waals surface area contributed by atoms with Gasteiger partial charge in [0.25, 0.3) is 0 Å². The van der Waals surface area contributed by atoms with Crippen LogP contribution in [0.5, 0.6) is 0 Å². The molecule has 3 nitrogen and oxygen atoms in total. The average Bonchev–Trinajstić information content (AvgIpc) is 2.78. The molecule has 2 rings (SSSR count). The minimum Gasteiger partial charge on any atom is -0.384 e. The second kappa shape index (κ2) is 7.18. The third-order valence-corrected chi connectivity index (χ3v) is 5.59. The molecular formula is C14H23BrN2OS. The molecule has 2 heterocycles. The van der Waals surface area contributed by atoms with Crippen molar-refractivity contribution >= 4 is 27.3 Å². The van der Waals surface area contributed by atoms with Gasteiger partial charge in [0, 0.05) is 34.5 Å². The van der Waals surface area contributed by atoms with Gasteiger partial charge in [-0.2, -0.15) is 0 Å². The molecule has 2 unspecified atom stereocenters. The van der Waals surface area contributed by atoms with Crippen LogP contribution < -0.4 is 5.73 Å². The maximum absolute atomic E-state index is 6.23. The van der Waals surface area contributed by atoms with Gasteiger partial charge >= 0.3 is 0 Å². The Bertz CT molecular complexity index is 389. The van der Waals surface area contributed by atoms with E-state index in [0.717, 1.165) is 24.2 Å². The van der Waals surface area contributed by atoms with Crippen LogP contribution in [0.2, 0.25) is 0 Å². The Morgan fingerprint density at radius 2 is 2.21 bits per heavy atom. The molecule has 0 spiro atoms. The number of hydrogen-bond acceptors (Lipinski definition) is 4. The van der Waals surface area contributed by atoms with Crippen LogP contribution in [0, 0.1) is 5.92 Å². The quantitative estimate of drug-likeness (QED) is 0.889. The summed E-state index contributed by atoms with van der Waals surface area (Å²) in [4.78, 5) is 3.90. The van der Waals surface area contributed by atoms with Crippen LogP contribution in [0.3, 0.4) is 0 Å². The van der Waals surface area contributed by atoms with E-state index in [9.17, 15) is 0 Å². The number of nitrogens with two attached hydrogens (primary N) is 1. The lowest BCUT2D eigenvalue weighted by Crippen LogP contribution is -2.43. The first-order valence-electron chi connectivity index (χ1n) is 6.84. The van der Waals surface area contributed by atoms with Gasteiger partial charge in [0.15, 0.2) is 0 Å². The molecular weight excluding hydrogens is 324 g/mol. The highest BCUT2D eigenvalue weighted by atomic mass is 79.9. The molecule has 1 aromatic rings. The van der Waals surface area contributed by atoms with Gasteiger partial charge < -0.3 is 10.5 Å². The van der Waals surface area contributed by atoms with E-state index in [2.05, 4.69) is 39.2 Å². The van der Waals surface area contributed by atoms with E-state index < -0.39 is 0 Å². The maximum atomic E-state index is 6.23. The molecule has 19 heavy (non-hydrogen) atoms. The van der Waals surface area contributed by atoms with Crippen molar-refractivity contribution < 1.29 is 4.74 Å². The van der Waals surface area contributed by atoms with Crippen molar-refractivity contribution in [3.63, 3.8) is 0 Å². The largest absolute Gasteiger partial charge is 0.384 e. The topological polar surface area (TPSA) is 38.5 Å². The van der Waals surface area contributed by atoms with Crippen LogP contribution in [0.15, 0.2) is 15.9 Å². The van der Waals surface area contributed by atoms with E-state index in [1.165, 1.54) is 17.7 Å². The van der Waals surface area contributed by atoms with E-state index >= 15 is 0 Å². The Morgan fingerprint density at radius 3 is 2.68 bits per heavy atom. The van der Waals surface area contributed by atoms with Crippen molar-refractivity contribution in [2.75, 3.05) is 26.8 Å². The van der Waals surface area contributed by atoms with Crippen molar-refractivity contribution in [1.82, 2.24) is 4.90 Å². The van der Waals surface area contributed by atoms with E-state index in [1.807, 2.05) is 0 Å². The lowest BCUT2D eigenvalue weighted by molar-refractivity contribution is 0.0745. The van der Waals surface area contributed by atoms with Crippen LogP contribution >= 0.6 is 27.3 Å². The number of thiophene rings is 1. The van der Waals surface area contributed by atoms with Crippen molar-refractivity contribution in [1.29, 1.82) is 0 Å². The van der Waals surface area contributed by atoms with Gasteiger partial charge in [-0.1, -0.05) is 0 Å². The summed E-state index contributed by atoms with van der Waals surface area (Å²) in [5.74, 6) is 0.713. The van der Waals surface area contributed by atoms with Gasteiger partial charge in [0.2, 0.25) is 0 Å². The van der Waals surface area contributed by atoms with Crippen LogP contribution in [0.1, 0.15) is 30.7 Å². The van der Waals surface area contributed by atoms with Crippen LogP contribution in [-0.2, 0) is 4.74 Å². The standard InChI is InChI=1S/C14H23BrN2OS/c1-10(16)14(13-7-12(15)9-19-13)17-5-3-11(4-6-17)8-18-2/h7,9-11,14H,3-6,8,16H2,1-2H3. The Kier molecular flexibility index (Phi) is 5.84. The second-order valence-corrected chi connectivity index (χ2v) is 7.26. The van der Waals surface area contributed by atoms with Gasteiger partial charge in [-0.3, -0.25) is 4.90 Å². The molecule has 1 fully saturated rings. The number of rotatable bonds is 5. The Morgan fingerprint density at radius 1 is 1.53 bits per heavy atom. The zero-order valence-corrected chi connectivity index (χ0v) is 14.0. The fourth-order valence-electron chi connectivity index (χ4n) is 2.89. The van der Waals surface area contributed by atoms with Crippen molar-refractivity contribution in [2.45, 2.75) is 31.8 Å². The van der Waals surface area contributed by atoms with Crippen molar-refractivity contribution in [3.05, 3.63) is 20.8 Å². The minimum absolute atomic E-state index is 0.157. The van der Waals surface area contributed by atoms with Crippen LogP contribution in [0.25, 0.3) is 0 Å². The predicted molar refractivity (Wildman–Crippen MR) is 84.6 cm³/mol. The summed E-state index contributed by atoms with van der Waals surface area (Å²) in [6, 6.07) is 2.71. The highest BCUT2D eigenvalue weighted by molar-refractivity contribution is 9.10. The summed E-state index contributed by atoms with van der Waals surface area (Å²) in [6.07, 6.45) is 2.42. The number of methoxy groups -OCH3 is 1. The lowest BCUT2D eigenvalue weighted by atomic mass is 9.95. The molecule has 5 heteroatoms. The molecule has 1 aliphatic rings. The summed E-state index contributed by atoms with van der Waals surface area (Å²) < 4.78 is 6.42. The summed E-state index contributed by atoms with van der Waals surface area (Å²) in [5.41, 5.74) is 6.23. The molecule has 1 saturated heterocycles. The molecule has 0 amide bonds. The van der Waals surface area contributed by atoms with Gasteiger partial charge in [0.05, 0.1) is 6.04 Å². The first kappa shape index (κ1) is 15.4. The van der Waals surface area contributed by atoms with E-state index in [1.54, 1.807) is 18.4 Å². The average molecular weight is 347 g/mol. The highest BCUT2D eigenvalue weighted by Crippen LogP contribution is 2.33. The Hall–Kier alpha value is 0.0600. The third-order valence-electron chi connectivity index (χ3n) is 3.82. The Balaban J connectivity index is 2.01. The van der Waals surface area contributed by atoms with Gasteiger partial charge in [0.1, 0.15) is 0 Å². The normalized spacial score (nSPS) is 21.5. The number of piperidine rings is 1. The second-order valence-electron chi connectivity index (χ2n) is 5.41. The highest BCUT2D eigenvalue weighted by Gasteiger charge is 2.29. The first-order valence-corrected chi connectivity index (χ1v) is 8.51. The summed E-state index contributed by atoms with van der Waals surface area (Å²) in [7, 11) is 1.79. The van der Waals surface area contributed by atoms with Crippen molar-refractivity contribution in [2.24, 2.45) is 11.7 Å². The summed E-state index contributed by atoms with van der Waals surface area (Å²) in [5, 5.41) is 2.14. The molecule has 0 bridgehead atoms.